The molecule has 1 aliphatic heterocycles. The van der Waals surface area contributed by atoms with Crippen LogP contribution in [0.1, 0.15) is 33.0 Å². The number of aryl methyl sites for hydroxylation is 2. The Labute approximate surface area is 144 Å². The molecular weight excluding hydrogens is 328 g/mol. The molecule has 2 atom stereocenters. The first-order valence-electron chi connectivity index (χ1n) is 8.46. The summed E-state index contributed by atoms with van der Waals surface area (Å²) in [6.07, 6.45) is 6.04. The minimum atomic E-state index is -3.28. The molecule has 1 fully saturated rings. The summed E-state index contributed by atoms with van der Waals surface area (Å²) in [5, 5.41) is 0. The standard InChI is InChI=1S/C16H28N4O3S/c1-5-15-17-7-9-19(15)8-6-16(21)20-10-13(12(2)3)14(11-20)18-24(4,22)23/h7,9,12-14,18H,5-6,8,10-11H2,1-4H3/t13-,14+/m0/s1. The summed E-state index contributed by atoms with van der Waals surface area (Å²) in [4.78, 5) is 18.6. The minimum Gasteiger partial charge on any atom is -0.341 e. The first-order chi connectivity index (χ1) is 11.2. The van der Waals surface area contributed by atoms with Gasteiger partial charge in [0.1, 0.15) is 5.82 Å². The van der Waals surface area contributed by atoms with Crippen LogP contribution in [0.3, 0.4) is 0 Å². The Morgan fingerprint density at radius 1 is 1.42 bits per heavy atom. The fourth-order valence-corrected chi connectivity index (χ4v) is 4.14. The zero-order valence-corrected chi connectivity index (χ0v) is 15.7. The molecule has 2 heterocycles. The summed E-state index contributed by atoms with van der Waals surface area (Å²) in [7, 11) is -3.28. The van der Waals surface area contributed by atoms with Crippen molar-refractivity contribution in [2.45, 2.75) is 46.2 Å². The molecular formula is C16H28N4O3S. The van der Waals surface area contributed by atoms with Crippen LogP contribution in [-0.2, 0) is 27.8 Å². The van der Waals surface area contributed by atoms with Crippen molar-refractivity contribution in [1.29, 1.82) is 0 Å². The SMILES string of the molecule is CCc1nccn1CCC(=O)N1C[C@@H](NS(C)(=O)=O)[C@H](C(C)C)C1. The highest BCUT2D eigenvalue weighted by atomic mass is 32.2. The molecule has 0 unspecified atom stereocenters. The average Bonchev–Trinajstić information content (AvgIpc) is 3.09. The lowest BCUT2D eigenvalue weighted by Gasteiger charge is -2.21. The number of aromatic nitrogens is 2. The first-order valence-corrected chi connectivity index (χ1v) is 10.4. The van der Waals surface area contributed by atoms with Gasteiger partial charge in [0.05, 0.1) is 6.26 Å². The van der Waals surface area contributed by atoms with Crippen molar-refractivity contribution >= 4 is 15.9 Å². The molecule has 1 amide bonds. The van der Waals surface area contributed by atoms with Gasteiger partial charge in [-0.1, -0.05) is 20.8 Å². The van der Waals surface area contributed by atoms with Crippen LogP contribution in [0.2, 0.25) is 0 Å². The molecule has 24 heavy (non-hydrogen) atoms. The number of likely N-dealkylation sites (tertiary alicyclic amines) is 1. The molecule has 136 valence electrons. The number of carbonyl (C=O) groups is 1. The van der Waals surface area contributed by atoms with E-state index in [2.05, 4.69) is 23.6 Å². The number of sulfonamides is 1. The zero-order chi connectivity index (χ0) is 17.9. The minimum absolute atomic E-state index is 0.0641. The molecule has 0 radical (unpaired) electrons. The van der Waals surface area contributed by atoms with E-state index < -0.39 is 10.0 Å². The van der Waals surface area contributed by atoms with E-state index in [1.54, 1.807) is 11.1 Å². The molecule has 0 aromatic carbocycles. The van der Waals surface area contributed by atoms with E-state index in [-0.39, 0.29) is 17.9 Å². The summed E-state index contributed by atoms with van der Waals surface area (Å²) in [5.41, 5.74) is 0. The van der Waals surface area contributed by atoms with Crippen molar-refractivity contribution in [3.05, 3.63) is 18.2 Å². The molecule has 8 heteroatoms. The maximum atomic E-state index is 12.5. The average molecular weight is 356 g/mol. The highest BCUT2D eigenvalue weighted by molar-refractivity contribution is 7.88. The number of carbonyl (C=O) groups excluding carboxylic acids is 1. The van der Waals surface area contributed by atoms with E-state index in [9.17, 15) is 13.2 Å². The predicted molar refractivity (Wildman–Crippen MR) is 92.9 cm³/mol. The van der Waals surface area contributed by atoms with Gasteiger partial charge >= 0.3 is 0 Å². The molecule has 1 aromatic rings. The molecule has 0 aliphatic carbocycles. The molecule has 2 rings (SSSR count). The quantitative estimate of drug-likeness (QED) is 0.786. The van der Waals surface area contributed by atoms with Crippen molar-refractivity contribution in [3.8, 4) is 0 Å². The highest BCUT2D eigenvalue weighted by Crippen LogP contribution is 2.25. The normalized spacial score (nSPS) is 21.6. The van der Waals surface area contributed by atoms with Crippen LogP contribution in [0.4, 0.5) is 0 Å². The van der Waals surface area contributed by atoms with Crippen molar-refractivity contribution in [2.24, 2.45) is 11.8 Å². The van der Waals surface area contributed by atoms with Gasteiger partial charge in [0.15, 0.2) is 0 Å². The Hall–Kier alpha value is -1.41. The van der Waals surface area contributed by atoms with Gasteiger partial charge in [-0.2, -0.15) is 0 Å². The Morgan fingerprint density at radius 3 is 2.71 bits per heavy atom. The van der Waals surface area contributed by atoms with Gasteiger partial charge in [-0.3, -0.25) is 4.79 Å². The number of nitrogens with one attached hydrogen (secondary N) is 1. The monoisotopic (exact) mass is 356 g/mol. The molecule has 7 nitrogen and oxygen atoms in total. The third kappa shape index (κ3) is 4.80. The van der Waals surface area contributed by atoms with E-state index in [1.165, 1.54) is 6.26 Å². The lowest BCUT2D eigenvalue weighted by atomic mass is 9.92. The van der Waals surface area contributed by atoms with Crippen LogP contribution in [-0.4, -0.2) is 54.2 Å². The molecule has 1 aromatic heterocycles. The number of hydrogen-bond acceptors (Lipinski definition) is 4. The predicted octanol–water partition coefficient (Wildman–Crippen LogP) is 0.868. The smallest absolute Gasteiger partial charge is 0.224 e. The Bertz CT molecular complexity index is 669. The maximum Gasteiger partial charge on any atom is 0.224 e. The van der Waals surface area contributed by atoms with Gasteiger partial charge in [0.2, 0.25) is 15.9 Å². The van der Waals surface area contributed by atoms with Crippen LogP contribution >= 0.6 is 0 Å². The van der Waals surface area contributed by atoms with Gasteiger partial charge < -0.3 is 9.47 Å². The molecule has 1 saturated heterocycles. The second-order valence-corrected chi connectivity index (χ2v) is 8.62. The van der Waals surface area contributed by atoms with Crippen molar-refractivity contribution in [1.82, 2.24) is 19.2 Å². The number of imidazole rings is 1. The van der Waals surface area contributed by atoms with E-state index >= 15 is 0 Å². The number of amides is 1. The van der Waals surface area contributed by atoms with Gasteiger partial charge in [0.25, 0.3) is 0 Å². The summed E-state index contributed by atoms with van der Waals surface area (Å²) in [5.74, 6) is 1.49. The van der Waals surface area contributed by atoms with Crippen LogP contribution in [0.25, 0.3) is 0 Å². The molecule has 0 spiro atoms. The van der Waals surface area contributed by atoms with Gasteiger partial charge in [-0.25, -0.2) is 18.1 Å². The van der Waals surface area contributed by atoms with E-state index in [4.69, 9.17) is 0 Å². The third-order valence-corrected chi connectivity index (χ3v) is 5.35. The van der Waals surface area contributed by atoms with Crippen LogP contribution in [0.15, 0.2) is 12.4 Å². The topological polar surface area (TPSA) is 84.3 Å². The fourth-order valence-electron chi connectivity index (χ4n) is 3.34. The summed E-state index contributed by atoms with van der Waals surface area (Å²) in [6.45, 7) is 7.82. The highest BCUT2D eigenvalue weighted by Gasteiger charge is 2.37. The lowest BCUT2D eigenvalue weighted by molar-refractivity contribution is -0.130. The third-order valence-electron chi connectivity index (χ3n) is 4.62. The fraction of sp³-hybridized carbons (Fsp3) is 0.750. The molecule has 1 N–H and O–H groups in total. The van der Waals surface area contributed by atoms with Gasteiger partial charge in [-0.15, -0.1) is 0 Å². The van der Waals surface area contributed by atoms with Crippen molar-refractivity contribution in [2.75, 3.05) is 19.3 Å². The number of nitrogens with zero attached hydrogens (tertiary/aromatic N) is 3. The van der Waals surface area contributed by atoms with Crippen LogP contribution in [0, 0.1) is 11.8 Å². The maximum absolute atomic E-state index is 12.5. The van der Waals surface area contributed by atoms with Crippen LogP contribution in [0.5, 0.6) is 0 Å². The van der Waals surface area contributed by atoms with Gasteiger partial charge in [0, 0.05) is 50.9 Å². The second kappa shape index (κ2) is 7.65. The zero-order valence-electron chi connectivity index (χ0n) is 14.9. The Balaban J connectivity index is 1.97. The number of rotatable bonds is 7. The Kier molecular flexibility index (Phi) is 6.03. The summed E-state index contributed by atoms with van der Waals surface area (Å²) < 4.78 is 27.8. The molecule has 0 saturated carbocycles. The van der Waals surface area contributed by atoms with Gasteiger partial charge in [-0.05, 0) is 11.8 Å². The summed E-state index contributed by atoms with van der Waals surface area (Å²) in [6, 6.07) is -0.205. The lowest BCUT2D eigenvalue weighted by Crippen LogP contribution is -2.41. The van der Waals surface area contributed by atoms with E-state index in [0.29, 0.717) is 32.0 Å². The van der Waals surface area contributed by atoms with E-state index in [1.807, 2.05) is 17.7 Å². The van der Waals surface area contributed by atoms with Crippen molar-refractivity contribution in [3.63, 3.8) is 0 Å². The molecule has 0 bridgehead atoms. The van der Waals surface area contributed by atoms with Crippen LogP contribution < -0.4 is 4.72 Å². The Morgan fingerprint density at radius 2 is 2.12 bits per heavy atom. The molecule has 1 aliphatic rings. The largest absolute Gasteiger partial charge is 0.341 e. The van der Waals surface area contributed by atoms with E-state index in [0.717, 1.165) is 12.2 Å². The van der Waals surface area contributed by atoms with Crippen molar-refractivity contribution < 1.29 is 13.2 Å². The number of hydrogen-bond donors (Lipinski definition) is 1. The second-order valence-electron chi connectivity index (χ2n) is 6.84. The first kappa shape index (κ1) is 18.9. The summed E-state index contributed by atoms with van der Waals surface area (Å²) >= 11 is 0.